The molecule has 0 radical (unpaired) electrons. The van der Waals surface area contributed by atoms with E-state index in [2.05, 4.69) is 99.0 Å². The summed E-state index contributed by atoms with van der Waals surface area (Å²) in [5, 5.41) is 3.04. The lowest BCUT2D eigenvalue weighted by molar-refractivity contribution is -0.870. The van der Waals surface area contributed by atoms with Gasteiger partial charge in [-0.3, -0.25) is 14.2 Å². The standard InChI is InChI=1S/C76H139N2O7P/c1-7-10-13-16-19-22-25-28-30-32-34-36-37-38-39-40-41-43-44-46-48-50-53-56-59-62-65-68-75(79)77-73(72-84-86(81,82)83-71-70-78(4,5)6)74(67-64-61-58-55-52-27-24-21-18-15-12-9-3)85-76(80)69-66-63-60-57-54-51-49-47-45-42-35-33-31-29-26-23-20-17-14-11-8-2/h11,14,20,23,28-31,35,42,47,49,64,67,73-74H,7-10,12-13,15-19,21-22,24-27,32-34,36-41,43-46,48,50-63,65-66,68-72H2,1-6H3,(H-,77,79,81,82)/b14-11-,23-20-,30-28+,31-29-,42-35-,49-47-,67-64-. The molecule has 9 nitrogen and oxygen atoms in total. The van der Waals surface area contributed by atoms with Gasteiger partial charge in [0.2, 0.25) is 5.91 Å². The number of phosphoric acid groups is 1. The molecular weight excluding hydrogens is 1080 g/mol. The van der Waals surface area contributed by atoms with E-state index in [1.807, 2.05) is 33.3 Å². The third-order valence-electron chi connectivity index (χ3n) is 16.1. The summed E-state index contributed by atoms with van der Waals surface area (Å²) in [6.45, 7) is 6.75. The summed E-state index contributed by atoms with van der Waals surface area (Å²) in [4.78, 5) is 40.2. The molecule has 0 saturated heterocycles. The molecule has 10 heteroatoms. The van der Waals surface area contributed by atoms with Crippen molar-refractivity contribution in [1.82, 2.24) is 5.32 Å². The predicted molar refractivity (Wildman–Crippen MR) is 371 cm³/mol. The van der Waals surface area contributed by atoms with Crippen molar-refractivity contribution in [3.8, 4) is 0 Å². The van der Waals surface area contributed by atoms with Gasteiger partial charge in [0.15, 0.2) is 0 Å². The van der Waals surface area contributed by atoms with E-state index in [1.165, 1.54) is 193 Å². The van der Waals surface area contributed by atoms with Crippen molar-refractivity contribution in [3.63, 3.8) is 0 Å². The second-order valence-electron chi connectivity index (χ2n) is 25.7. The van der Waals surface area contributed by atoms with Crippen LogP contribution in [0.2, 0.25) is 0 Å². The Bertz CT molecular complexity index is 1750. The van der Waals surface area contributed by atoms with Gasteiger partial charge in [-0.2, -0.15) is 0 Å². The van der Waals surface area contributed by atoms with E-state index in [1.54, 1.807) is 0 Å². The molecule has 0 bridgehead atoms. The second-order valence-corrected chi connectivity index (χ2v) is 27.1. The number of hydrogen-bond acceptors (Lipinski definition) is 7. The summed E-state index contributed by atoms with van der Waals surface area (Å²) in [5.41, 5.74) is 0. The van der Waals surface area contributed by atoms with E-state index < -0.39 is 26.6 Å². The Kier molecular flexibility index (Phi) is 63.0. The third-order valence-corrected chi connectivity index (χ3v) is 17.0. The minimum atomic E-state index is -4.71. The highest BCUT2D eigenvalue weighted by Crippen LogP contribution is 2.38. The molecule has 0 saturated carbocycles. The average Bonchev–Trinajstić information content (AvgIpc) is 3.69. The smallest absolute Gasteiger partial charge is 0.306 e. The lowest BCUT2D eigenvalue weighted by atomic mass is 10.0. The summed E-state index contributed by atoms with van der Waals surface area (Å²) >= 11 is 0. The fourth-order valence-corrected chi connectivity index (χ4v) is 11.2. The molecule has 500 valence electrons. The first-order valence-electron chi connectivity index (χ1n) is 36.4. The maximum absolute atomic E-state index is 13.6. The molecule has 0 aliphatic heterocycles. The fourth-order valence-electron chi connectivity index (χ4n) is 10.5. The molecule has 0 heterocycles. The summed E-state index contributed by atoms with van der Waals surface area (Å²) in [5.74, 6) is -0.554. The van der Waals surface area contributed by atoms with Crippen LogP contribution in [-0.4, -0.2) is 69.4 Å². The van der Waals surface area contributed by atoms with Gasteiger partial charge in [-0.1, -0.05) is 305 Å². The van der Waals surface area contributed by atoms with Gasteiger partial charge in [-0.25, -0.2) is 0 Å². The highest BCUT2D eigenvalue weighted by atomic mass is 31.2. The van der Waals surface area contributed by atoms with E-state index >= 15 is 0 Å². The quantitative estimate of drug-likeness (QED) is 0.0212. The van der Waals surface area contributed by atoms with Gasteiger partial charge in [0.25, 0.3) is 7.82 Å². The first-order chi connectivity index (χ1) is 41.9. The van der Waals surface area contributed by atoms with E-state index in [0.717, 1.165) is 103 Å². The van der Waals surface area contributed by atoms with Gasteiger partial charge < -0.3 is 28.5 Å². The normalized spacial score (nSPS) is 14.0. The predicted octanol–water partition coefficient (Wildman–Crippen LogP) is 22.7. The number of esters is 1. The SMILES string of the molecule is CC/C=C\C/C=C\C/C=C\C/C=C\C/C=C\CCCCCCCC(=O)OC(/C=C\CCCCCCCCCCCC)C(COP(=O)([O-])OCC[N+](C)(C)C)NC(=O)CCCCCCCCCCCCCCCCCCC/C=C/CCCCCCCC. The maximum atomic E-state index is 13.6. The van der Waals surface area contributed by atoms with Crippen molar-refractivity contribution in [2.75, 3.05) is 40.9 Å². The van der Waals surface area contributed by atoms with Crippen LogP contribution in [0.3, 0.4) is 0 Å². The summed E-state index contributed by atoms with van der Waals surface area (Å²) in [7, 11) is 1.18. The van der Waals surface area contributed by atoms with E-state index in [4.69, 9.17) is 13.8 Å². The van der Waals surface area contributed by atoms with Crippen LogP contribution in [0.15, 0.2) is 85.1 Å². The van der Waals surface area contributed by atoms with Crippen molar-refractivity contribution < 1.29 is 37.3 Å². The van der Waals surface area contributed by atoms with Crippen LogP contribution in [-0.2, 0) is 27.9 Å². The van der Waals surface area contributed by atoms with E-state index in [-0.39, 0.29) is 24.9 Å². The number of allylic oxidation sites excluding steroid dienone is 13. The number of likely N-dealkylation sites (N-methyl/N-ethyl adjacent to an activating group) is 1. The highest BCUT2D eigenvalue weighted by Gasteiger charge is 2.27. The van der Waals surface area contributed by atoms with Gasteiger partial charge in [0.05, 0.1) is 33.8 Å². The maximum Gasteiger partial charge on any atom is 0.306 e. The number of nitrogens with one attached hydrogen (secondary N) is 1. The summed E-state index contributed by atoms with van der Waals surface area (Å²) < 4.78 is 30.4. The molecular formula is C76H139N2O7P. The topological polar surface area (TPSA) is 114 Å². The van der Waals surface area contributed by atoms with E-state index in [0.29, 0.717) is 23.9 Å². The zero-order valence-electron chi connectivity index (χ0n) is 57.3. The Morgan fingerprint density at radius 3 is 1.13 bits per heavy atom. The van der Waals surface area contributed by atoms with Gasteiger partial charge in [-0.05, 0) is 102 Å². The number of hydrogen-bond donors (Lipinski definition) is 1. The Hall–Kier alpha value is -2.81. The first-order valence-corrected chi connectivity index (χ1v) is 37.9. The summed E-state index contributed by atoms with van der Waals surface area (Å²) in [6, 6.07) is -0.900. The number of phosphoric ester groups is 1. The third kappa shape index (κ3) is 65.6. The molecule has 0 aliphatic carbocycles. The molecule has 0 spiro atoms. The van der Waals surface area contributed by atoms with E-state index in [9.17, 15) is 19.0 Å². The van der Waals surface area contributed by atoms with Crippen LogP contribution in [0.1, 0.15) is 335 Å². The Morgan fingerprint density at radius 1 is 0.419 bits per heavy atom. The molecule has 1 amide bonds. The lowest BCUT2D eigenvalue weighted by Gasteiger charge is -2.30. The summed E-state index contributed by atoms with van der Waals surface area (Å²) in [6.07, 6.45) is 87.1. The molecule has 3 atom stereocenters. The van der Waals surface area contributed by atoms with Crippen molar-refractivity contribution in [2.45, 2.75) is 348 Å². The van der Waals surface area contributed by atoms with Crippen LogP contribution >= 0.6 is 7.82 Å². The van der Waals surface area contributed by atoms with Gasteiger partial charge >= 0.3 is 5.97 Å². The zero-order chi connectivity index (χ0) is 62.8. The van der Waals surface area contributed by atoms with Gasteiger partial charge in [-0.15, -0.1) is 0 Å². The molecule has 0 rings (SSSR count). The lowest BCUT2D eigenvalue weighted by Crippen LogP contribution is -2.47. The van der Waals surface area contributed by atoms with Gasteiger partial charge in [0, 0.05) is 12.8 Å². The number of carbonyl (C=O) groups excluding carboxylic acids is 2. The monoisotopic (exact) mass is 1220 g/mol. The highest BCUT2D eigenvalue weighted by molar-refractivity contribution is 7.45. The minimum absolute atomic E-state index is 0.0275. The molecule has 0 fully saturated rings. The number of rotatable bonds is 66. The molecule has 3 unspecified atom stereocenters. The van der Waals surface area contributed by atoms with Crippen LogP contribution in [0.25, 0.3) is 0 Å². The Labute approximate surface area is 533 Å². The van der Waals surface area contributed by atoms with Crippen LogP contribution < -0.4 is 10.2 Å². The molecule has 0 aromatic rings. The molecule has 0 aliphatic rings. The number of nitrogens with zero attached hydrogens (tertiary/aromatic N) is 1. The second kappa shape index (κ2) is 65.2. The van der Waals surface area contributed by atoms with Gasteiger partial charge in [0.1, 0.15) is 19.3 Å². The first kappa shape index (κ1) is 83.2. The molecule has 0 aromatic heterocycles. The Morgan fingerprint density at radius 2 is 0.744 bits per heavy atom. The van der Waals surface area contributed by atoms with Crippen molar-refractivity contribution >= 4 is 19.7 Å². The Balaban J connectivity index is 5.04. The zero-order valence-corrected chi connectivity index (χ0v) is 58.2. The van der Waals surface area contributed by atoms with Crippen LogP contribution in [0.5, 0.6) is 0 Å². The van der Waals surface area contributed by atoms with Crippen molar-refractivity contribution in [3.05, 3.63) is 85.1 Å². The number of ether oxygens (including phenoxy) is 1. The van der Waals surface area contributed by atoms with Crippen molar-refractivity contribution in [1.29, 1.82) is 0 Å². The number of unbranched alkanes of at least 4 members (excludes halogenated alkanes) is 38. The number of carbonyl (C=O) groups is 2. The number of amides is 1. The minimum Gasteiger partial charge on any atom is -0.756 e. The van der Waals surface area contributed by atoms with Crippen molar-refractivity contribution in [2.24, 2.45) is 0 Å². The molecule has 1 N–H and O–H groups in total. The molecule has 0 aromatic carbocycles. The van der Waals surface area contributed by atoms with Crippen LogP contribution in [0.4, 0.5) is 0 Å². The average molecular weight is 1220 g/mol. The molecule has 86 heavy (non-hydrogen) atoms. The largest absolute Gasteiger partial charge is 0.756 e. The van der Waals surface area contributed by atoms with Crippen LogP contribution in [0, 0.1) is 0 Å². The fraction of sp³-hybridized carbons (Fsp3) is 0.789. The number of quaternary nitrogens is 1.